The van der Waals surface area contributed by atoms with Gasteiger partial charge in [0.15, 0.2) is 5.78 Å². The topological polar surface area (TPSA) is 142 Å². The Labute approximate surface area is 182 Å². The number of rotatable bonds is 11. The molecule has 0 radical (unpaired) electrons. The molecule has 2 rings (SSSR count). The van der Waals surface area contributed by atoms with E-state index in [0.717, 1.165) is 0 Å². The lowest BCUT2D eigenvalue weighted by Gasteiger charge is -2.12. The van der Waals surface area contributed by atoms with Gasteiger partial charge in [-0.25, -0.2) is 4.79 Å². The Morgan fingerprint density at radius 2 is 1.58 bits per heavy atom. The molecule has 0 saturated heterocycles. The summed E-state index contributed by atoms with van der Waals surface area (Å²) in [7, 11) is 0. The van der Waals surface area contributed by atoms with Crippen molar-refractivity contribution in [3.63, 3.8) is 0 Å². The number of ether oxygens (including phenoxy) is 1. The number of aliphatic carboxylic acids is 2. The standard InChI is InChI=1S/C21H18N2O7S/c24-18(23-17(21(28)29)11-19(25)26)9-10-30-16-7-3-14(4-8-16)20(27)13-1-5-15(6-2-13)22-12-31/h1-8,17H,9-11H2,(H,23,24)(H,25,26)(H,28,29). The summed E-state index contributed by atoms with van der Waals surface area (Å²) < 4.78 is 5.42. The fourth-order valence-electron chi connectivity index (χ4n) is 2.51. The van der Waals surface area contributed by atoms with E-state index in [1.807, 2.05) is 0 Å². The van der Waals surface area contributed by atoms with Crippen LogP contribution in [0.25, 0.3) is 0 Å². The summed E-state index contributed by atoms with van der Waals surface area (Å²) in [6.07, 6.45) is -0.889. The molecule has 3 N–H and O–H groups in total. The van der Waals surface area contributed by atoms with Gasteiger partial charge in [-0.05, 0) is 60.7 Å². The van der Waals surface area contributed by atoms with Crippen LogP contribution in [-0.2, 0) is 14.4 Å². The van der Waals surface area contributed by atoms with Crippen LogP contribution in [-0.4, -0.2) is 51.7 Å². The number of hydrogen-bond acceptors (Lipinski definition) is 7. The third kappa shape index (κ3) is 7.46. The Kier molecular flexibility index (Phi) is 8.56. The Morgan fingerprint density at radius 3 is 2.10 bits per heavy atom. The van der Waals surface area contributed by atoms with Crippen molar-refractivity contribution in [2.24, 2.45) is 4.99 Å². The number of carbonyl (C=O) groups excluding carboxylic acids is 2. The molecule has 1 unspecified atom stereocenters. The fraction of sp³-hybridized carbons (Fsp3) is 0.190. The minimum absolute atomic E-state index is 0.0552. The molecule has 1 atom stereocenters. The lowest BCUT2D eigenvalue weighted by atomic mass is 10.0. The van der Waals surface area contributed by atoms with E-state index in [4.69, 9.17) is 14.9 Å². The number of carbonyl (C=O) groups is 4. The van der Waals surface area contributed by atoms with Crippen molar-refractivity contribution in [3.05, 3.63) is 59.7 Å². The second-order valence-corrected chi connectivity index (χ2v) is 6.44. The van der Waals surface area contributed by atoms with Crippen LogP contribution in [0.5, 0.6) is 5.75 Å². The van der Waals surface area contributed by atoms with E-state index in [0.29, 0.717) is 22.6 Å². The number of benzene rings is 2. The summed E-state index contributed by atoms with van der Waals surface area (Å²) in [6.45, 7) is -0.0552. The highest BCUT2D eigenvalue weighted by Crippen LogP contribution is 2.18. The van der Waals surface area contributed by atoms with Gasteiger partial charge in [-0.2, -0.15) is 4.99 Å². The Balaban J connectivity index is 1.87. The van der Waals surface area contributed by atoms with Crippen LogP contribution in [0.1, 0.15) is 28.8 Å². The molecule has 2 aromatic rings. The molecule has 0 saturated carbocycles. The normalized spacial score (nSPS) is 11.0. The zero-order valence-electron chi connectivity index (χ0n) is 16.1. The molecular weight excluding hydrogens is 424 g/mol. The van der Waals surface area contributed by atoms with Gasteiger partial charge in [0.1, 0.15) is 11.8 Å². The number of hydrogen-bond donors (Lipinski definition) is 3. The third-order valence-electron chi connectivity index (χ3n) is 4.03. The van der Waals surface area contributed by atoms with Crippen molar-refractivity contribution in [1.29, 1.82) is 0 Å². The highest BCUT2D eigenvalue weighted by molar-refractivity contribution is 7.78. The van der Waals surface area contributed by atoms with Crippen LogP contribution in [0.15, 0.2) is 53.5 Å². The Bertz CT molecular complexity index is 1010. The average molecular weight is 442 g/mol. The van der Waals surface area contributed by atoms with Gasteiger partial charge in [-0.3, -0.25) is 14.4 Å². The summed E-state index contributed by atoms with van der Waals surface area (Å²) in [4.78, 5) is 49.7. The van der Waals surface area contributed by atoms with Crippen molar-refractivity contribution in [2.45, 2.75) is 18.9 Å². The zero-order valence-corrected chi connectivity index (χ0v) is 16.9. The third-order valence-corrected chi connectivity index (χ3v) is 4.12. The number of ketones is 1. The lowest BCUT2D eigenvalue weighted by Crippen LogP contribution is -2.42. The highest BCUT2D eigenvalue weighted by Gasteiger charge is 2.22. The van der Waals surface area contributed by atoms with Crippen LogP contribution in [0.3, 0.4) is 0 Å². The molecule has 0 aliphatic rings. The fourth-order valence-corrected chi connectivity index (χ4v) is 2.62. The van der Waals surface area contributed by atoms with E-state index in [1.165, 1.54) is 0 Å². The molecule has 0 bridgehead atoms. The van der Waals surface area contributed by atoms with Crippen molar-refractivity contribution in [3.8, 4) is 5.75 Å². The van der Waals surface area contributed by atoms with Gasteiger partial charge in [0, 0.05) is 11.1 Å². The second kappa shape index (κ2) is 11.3. The number of isothiocyanates is 1. The van der Waals surface area contributed by atoms with Crippen LogP contribution in [0.2, 0.25) is 0 Å². The number of aliphatic imine (C=N–C) groups is 1. The zero-order chi connectivity index (χ0) is 22.8. The molecule has 0 aromatic heterocycles. The number of amides is 1. The predicted octanol–water partition coefficient (Wildman–Crippen LogP) is 2.46. The molecule has 10 heteroatoms. The van der Waals surface area contributed by atoms with Gasteiger partial charge >= 0.3 is 11.9 Å². The second-order valence-electron chi connectivity index (χ2n) is 6.26. The minimum Gasteiger partial charge on any atom is -0.493 e. The Morgan fingerprint density at radius 1 is 1.00 bits per heavy atom. The quantitative estimate of drug-likeness (QED) is 0.274. The molecule has 160 valence electrons. The van der Waals surface area contributed by atoms with Gasteiger partial charge in [-0.15, -0.1) is 0 Å². The van der Waals surface area contributed by atoms with Gasteiger partial charge in [0.05, 0.1) is 30.3 Å². The van der Waals surface area contributed by atoms with Crippen LogP contribution in [0.4, 0.5) is 5.69 Å². The summed E-state index contributed by atoms with van der Waals surface area (Å²) in [5.41, 5.74) is 1.51. The van der Waals surface area contributed by atoms with Crippen molar-refractivity contribution in [1.82, 2.24) is 5.32 Å². The molecule has 9 nitrogen and oxygen atoms in total. The first kappa shape index (κ1) is 23.4. The van der Waals surface area contributed by atoms with Gasteiger partial charge in [0.2, 0.25) is 5.91 Å². The summed E-state index contributed by atoms with van der Waals surface area (Å²) in [5.74, 6) is -3.20. The van der Waals surface area contributed by atoms with Crippen LogP contribution >= 0.6 is 12.2 Å². The van der Waals surface area contributed by atoms with E-state index < -0.39 is 30.3 Å². The average Bonchev–Trinajstić information content (AvgIpc) is 2.74. The van der Waals surface area contributed by atoms with Gasteiger partial charge in [0.25, 0.3) is 0 Å². The molecule has 0 spiro atoms. The first-order valence-electron chi connectivity index (χ1n) is 8.99. The molecule has 0 aliphatic carbocycles. The number of carboxylic acids is 2. The largest absolute Gasteiger partial charge is 0.493 e. The van der Waals surface area contributed by atoms with Crippen molar-refractivity contribution >= 4 is 46.7 Å². The highest BCUT2D eigenvalue weighted by atomic mass is 32.1. The maximum Gasteiger partial charge on any atom is 0.326 e. The maximum absolute atomic E-state index is 12.5. The van der Waals surface area contributed by atoms with Crippen molar-refractivity contribution in [2.75, 3.05) is 6.61 Å². The van der Waals surface area contributed by atoms with E-state index >= 15 is 0 Å². The van der Waals surface area contributed by atoms with Gasteiger partial charge in [-0.1, -0.05) is 0 Å². The molecule has 0 heterocycles. The molecule has 1 amide bonds. The van der Waals surface area contributed by atoms with Crippen LogP contribution in [0, 0.1) is 0 Å². The number of nitrogens with one attached hydrogen (secondary N) is 1. The lowest BCUT2D eigenvalue weighted by molar-refractivity contribution is -0.147. The summed E-state index contributed by atoms with van der Waals surface area (Å²) >= 11 is 4.53. The monoisotopic (exact) mass is 442 g/mol. The molecule has 0 fully saturated rings. The van der Waals surface area contributed by atoms with Gasteiger partial charge < -0.3 is 20.3 Å². The first-order valence-corrected chi connectivity index (χ1v) is 9.40. The predicted molar refractivity (Wildman–Crippen MR) is 113 cm³/mol. The number of thiocarbonyl (C=S) groups is 1. The molecule has 2 aromatic carbocycles. The smallest absolute Gasteiger partial charge is 0.326 e. The summed E-state index contributed by atoms with van der Waals surface area (Å²) in [5, 5.41) is 22.0. The summed E-state index contributed by atoms with van der Waals surface area (Å²) in [6, 6.07) is 11.4. The number of nitrogens with zero attached hydrogens (tertiary/aromatic N) is 1. The molecule has 31 heavy (non-hydrogen) atoms. The van der Waals surface area contributed by atoms with Crippen LogP contribution < -0.4 is 10.1 Å². The Hall–Kier alpha value is -3.88. The van der Waals surface area contributed by atoms with E-state index in [9.17, 15) is 19.2 Å². The maximum atomic E-state index is 12.5. The van der Waals surface area contributed by atoms with Crippen molar-refractivity contribution < 1.29 is 34.1 Å². The SMILES string of the molecule is O=C(O)CC(NC(=O)CCOc1ccc(C(=O)c2ccc(N=C=S)cc2)cc1)C(=O)O. The first-order chi connectivity index (χ1) is 14.8. The molecular formula is C21H18N2O7S. The van der Waals surface area contributed by atoms with E-state index in [-0.39, 0.29) is 18.8 Å². The molecule has 0 aliphatic heterocycles. The van der Waals surface area contributed by atoms with E-state index in [1.54, 1.807) is 48.5 Å². The number of carboxylic acid groups (broad SMARTS) is 2. The minimum atomic E-state index is -1.51. The van der Waals surface area contributed by atoms with E-state index in [2.05, 4.69) is 27.7 Å².